The molecule has 0 fully saturated rings. The van der Waals surface area contributed by atoms with Gasteiger partial charge in [-0.1, -0.05) is 46.1 Å². The molecule has 0 spiro atoms. The molecule has 2 heteroatoms. The Balaban J connectivity index is 0. The second kappa shape index (κ2) is 10.6. The van der Waals surface area contributed by atoms with Crippen LogP contribution in [-0.2, 0) is 0 Å². The molecule has 2 nitrogen and oxygen atoms in total. The lowest BCUT2D eigenvalue weighted by Gasteiger charge is -1.97. The molecular weight excluding hydrogens is 208 g/mol. The van der Waals surface area contributed by atoms with E-state index >= 15 is 0 Å². The smallest absolute Gasteiger partial charge is 0.116 e. The molecule has 92 valence electrons. The van der Waals surface area contributed by atoms with E-state index in [0.717, 1.165) is 16.6 Å². The summed E-state index contributed by atoms with van der Waals surface area (Å²) in [5.74, 6) is 0. The van der Waals surface area contributed by atoms with Crippen LogP contribution in [0.5, 0.6) is 0 Å². The summed E-state index contributed by atoms with van der Waals surface area (Å²) in [7, 11) is 0. The topological polar surface area (TPSA) is 25.8 Å². The predicted octanol–water partition coefficient (Wildman–Crippen LogP) is 4.74. The summed E-state index contributed by atoms with van der Waals surface area (Å²) in [5.41, 5.74) is 1.85. The molecule has 0 N–H and O–H groups in total. The van der Waals surface area contributed by atoms with Crippen LogP contribution in [0.15, 0.2) is 50.3 Å². The number of hydrogen-bond donors (Lipinski definition) is 0. The SMILES string of the molecule is C.C=C.C=Cc1ncnc2ccccc12.CC. The number of benzene rings is 1. The van der Waals surface area contributed by atoms with E-state index in [1.807, 2.05) is 38.1 Å². The number of nitrogens with zero attached hydrogens (tertiary/aromatic N) is 2. The molecular formula is C15H22N2. The van der Waals surface area contributed by atoms with Gasteiger partial charge in [-0.15, -0.1) is 13.2 Å². The van der Waals surface area contributed by atoms with E-state index in [1.54, 1.807) is 12.4 Å². The summed E-state index contributed by atoms with van der Waals surface area (Å²) in [6, 6.07) is 7.89. The normalized spacial score (nSPS) is 7.65. The van der Waals surface area contributed by atoms with Gasteiger partial charge in [0.2, 0.25) is 0 Å². The summed E-state index contributed by atoms with van der Waals surface area (Å²) in [4.78, 5) is 8.23. The summed E-state index contributed by atoms with van der Waals surface area (Å²) < 4.78 is 0. The zero-order valence-corrected chi connectivity index (χ0v) is 9.98. The summed E-state index contributed by atoms with van der Waals surface area (Å²) in [5, 5.41) is 1.05. The number of fused-ring (bicyclic) bond motifs is 1. The number of aromatic nitrogens is 2. The van der Waals surface area contributed by atoms with Gasteiger partial charge >= 0.3 is 0 Å². The summed E-state index contributed by atoms with van der Waals surface area (Å²) >= 11 is 0. The molecule has 0 aliphatic rings. The van der Waals surface area contributed by atoms with Gasteiger partial charge in [0.25, 0.3) is 0 Å². The fraction of sp³-hybridized carbons (Fsp3) is 0.200. The Kier molecular flexibility index (Phi) is 10.8. The molecule has 0 saturated carbocycles. The molecule has 2 rings (SSSR count). The molecule has 17 heavy (non-hydrogen) atoms. The summed E-state index contributed by atoms with van der Waals surface area (Å²) in [6.07, 6.45) is 3.30. The highest BCUT2D eigenvalue weighted by Crippen LogP contribution is 2.13. The number of para-hydroxylation sites is 1. The minimum absolute atomic E-state index is 0. The van der Waals surface area contributed by atoms with Crippen molar-refractivity contribution in [3.63, 3.8) is 0 Å². The molecule has 0 bridgehead atoms. The molecule has 0 unspecified atom stereocenters. The second-order valence-corrected chi connectivity index (χ2v) is 2.48. The van der Waals surface area contributed by atoms with Gasteiger partial charge in [0.05, 0.1) is 11.2 Å². The van der Waals surface area contributed by atoms with E-state index in [0.29, 0.717) is 0 Å². The van der Waals surface area contributed by atoms with E-state index in [-0.39, 0.29) is 7.43 Å². The molecule has 0 radical (unpaired) electrons. The maximum absolute atomic E-state index is 4.13. The monoisotopic (exact) mass is 230 g/mol. The van der Waals surface area contributed by atoms with Crippen LogP contribution < -0.4 is 0 Å². The van der Waals surface area contributed by atoms with Crippen molar-refractivity contribution in [1.29, 1.82) is 0 Å². The zero-order chi connectivity index (χ0) is 12.4. The Morgan fingerprint density at radius 2 is 1.65 bits per heavy atom. The average Bonchev–Trinajstić information content (AvgIpc) is 2.42. The van der Waals surface area contributed by atoms with E-state index in [4.69, 9.17) is 0 Å². The van der Waals surface area contributed by atoms with Gasteiger partial charge in [-0.05, 0) is 12.1 Å². The lowest BCUT2D eigenvalue weighted by atomic mass is 10.2. The first-order valence-electron chi connectivity index (χ1n) is 5.24. The van der Waals surface area contributed by atoms with Gasteiger partial charge in [-0.2, -0.15) is 0 Å². The van der Waals surface area contributed by atoms with E-state index < -0.39 is 0 Å². The minimum atomic E-state index is 0. The largest absolute Gasteiger partial charge is 0.236 e. The third-order valence-corrected chi connectivity index (χ3v) is 1.77. The molecule has 0 saturated heterocycles. The summed E-state index contributed by atoms with van der Waals surface area (Å²) in [6.45, 7) is 13.7. The van der Waals surface area contributed by atoms with Crippen molar-refractivity contribution in [3.05, 3.63) is 56.0 Å². The van der Waals surface area contributed by atoms with Crippen molar-refractivity contribution in [3.8, 4) is 0 Å². The van der Waals surface area contributed by atoms with Gasteiger partial charge in [0, 0.05) is 5.39 Å². The third kappa shape index (κ3) is 4.60. The Morgan fingerprint density at radius 1 is 1.06 bits per heavy atom. The van der Waals surface area contributed by atoms with Gasteiger partial charge in [0.1, 0.15) is 6.33 Å². The van der Waals surface area contributed by atoms with Crippen molar-refractivity contribution < 1.29 is 0 Å². The lowest BCUT2D eigenvalue weighted by Crippen LogP contribution is -1.85. The maximum Gasteiger partial charge on any atom is 0.116 e. The maximum atomic E-state index is 4.13. The fourth-order valence-corrected chi connectivity index (χ4v) is 1.19. The van der Waals surface area contributed by atoms with Gasteiger partial charge in [0.15, 0.2) is 0 Å². The highest BCUT2D eigenvalue weighted by atomic mass is 14.8. The second-order valence-electron chi connectivity index (χ2n) is 2.48. The van der Waals surface area contributed by atoms with Crippen LogP contribution in [0, 0.1) is 0 Å². The van der Waals surface area contributed by atoms with Crippen molar-refractivity contribution in [2.75, 3.05) is 0 Å². The lowest BCUT2D eigenvalue weighted by molar-refractivity contribution is 1.21. The number of hydrogen-bond acceptors (Lipinski definition) is 2. The molecule has 0 atom stereocenters. The first-order chi connectivity index (χ1) is 7.92. The van der Waals surface area contributed by atoms with Gasteiger partial charge in [-0.3, -0.25) is 0 Å². The molecule has 0 amide bonds. The predicted molar refractivity (Wildman–Crippen MR) is 79.0 cm³/mol. The zero-order valence-electron chi connectivity index (χ0n) is 9.98. The Hall–Kier alpha value is -1.96. The molecule has 1 aromatic heterocycles. The van der Waals surface area contributed by atoms with E-state index in [1.165, 1.54) is 0 Å². The van der Waals surface area contributed by atoms with Crippen LogP contribution in [0.4, 0.5) is 0 Å². The molecule has 0 aliphatic carbocycles. The Labute approximate surface area is 105 Å². The van der Waals surface area contributed by atoms with Crippen LogP contribution >= 0.6 is 0 Å². The van der Waals surface area contributed by atoms with Crippen LogP contribution in [-0.4, -0.2) is 9.97 Å². The molecule has 2 aromatic rings. The van der Waals surface area contributed by atoms with Crippen LogP contribution in [0.1, 0.15) is 27.0 Å². The Morgan fingerprint density at radius 3 is 2.24 bits per heavy atom. The minimum Gasteiger partial charge on any atom is -0.236 e. The Bertz CT molecular complexity index is 430. The van der Waals surface area contributed by atoms with Crippen LogP contribution in [0.25, 0.3) is 17.0 Å². The van der Waals surface area contributed by atoms with Crippen LogP contribution in [0.2, 0.25) is 0 Å². The quantitative estimate of drug-likeness (QED) is 0.661. The van der Waals surface area contributed by atoms with Crippen molar-refractivity contribution in [1.82, 2.24) is 9.97 Å². The standard InChI is InChI=1S/C10H8N2.C2H6.C2H4.CH4/c1-2-9-8-5-3-4-6-10(8)12-7-11-9;2*1-2;/h2-7H,1H2;1-2H3;1-2H2;1H4. The van der Waals surface area contributed by atoms with Crippen molar-refractivity contribution in [2.24, 2.45) is 0 Å². The highest BCUT2D eigenvalue weighted by molar-refractivity contribution is 5.85. The first-order valence-corrected chi connectivity index (χ1v) is 5.24. The molecule has 1 heterocycles. The van der Waals surface area contributed by atoms with Crippen LogP contribution in [0.3, 0.4) is 0 Å². The van der Waals surface area contributed by atoms with E-state index in [2.05, 4.69) is 29.7 Å². The molecule has 0 aliphatic heterocycles. The fourth-order valence-electron chi connectivity index (χ4n) is 1.19. The third-order valence-electron chi connectivity index (χ3n) is 1.77. The van der Waals surface area contributed by atoms with Crippen molar-refractivity contribution >= 4 is 17.0 Å². The van der Waals surface area contributed by atoms with Crippen molar-refractivity contribution in [2.45, 2.75) is 21.3 Å². The molecule has 1 aromatic carbocycles. The van der Waals surface area contributed by atoms with Gasteiger partial charge < -0.3 is 0 Å². The van der Waals surface area contributed by atoms with Gasteiger partial charge in [-0.25, -0.2) is 9.97 Å². The number of rotatable bonds is 1. The average molecular weight is 230 g/mol. The highest BCUT2D eigenvalue weighted by Gasteiger charge is 1.96. The first kappa shape index (κ1) is 17.4. The van der Waals surface area contributed by atoms with E-state index in [9.17, 15) is 0 Å².